The van der Waals surface area contributed by atoms with E-state index in [0.717, 1.165) is 12.0 Å². The molecule has 2 aromatic carbocycles. The Bertz CT molecular complexity index is 840. The Labute approximate surface area is 177 Å². The molecule has 7 heteroatoms. The fourth-order valence-electron chi connectivity index (χ4n) is 2.93. The maximum absolute atomic E-state index is 12.3. The van der Waals surface area contributed by atoms with E-state index < -0.39 is 0 Å². The van der Waals surface area contributed by atoms with Gasteiger partial charge in [-0.25, -0.2) is 0 Å². The van der Waals surface area contributed by atoms with Crippen LogP contribution in [0.15, 0.2) is 42.5 Å². The third kappa shape index (κ3) is 7.07. The van der Waals surface area contributed by atoms with Crippen molar-refractivity contribution in [2.24, 2.45) is 0 Å². The van der Waals surface area contributed by atoms with Gasteiger partial charge in [0.25, 0.3) is 0 Å². The molecule has 1 atom stereocenters. The van der Waals surface area contributed by atoms with Crippen molar-refractivity contribution in [3.63, 3.8) is 0 Å². The van der Waals surface area contributed by atoms with Gasteiger partial charge in [-0.1, -0.05) is 42.8 Å². The summed E-state index contributed by atoms with van der Waals surface area (Å²) in [5.41, 5.74) is 2.80. The van der Waals surface area contributed by atoms with E-state index >= 15 is 0 Å². The molecular weight excluding hydrogens is 390 g/mol. The van der Waals surface area contributed by atoms with Crippen molar-refractivity contribution in [2.45, 2.75) is 26.3 Å². The normalized spacial score (nSPS) is 11.8. The summed E-state index contributed by atoms with van der Waals surface area (Å²) in [6, 6.07) is 13.1. The lowest BCUT2D eigenvalue weighted by molar-refractivity contribution is -0.123. The Balaban J connectivity index is 1.84. The number of aryl methyl sites for hydroxylation is 1. The number of rotatable bonds is 9. The van der Waals surface area contributed by atoms with Crippen molar-refractivity contribution in [3.8, 4) is 5.75 Å². The predicted octanol–water partition coefficient (Wildman–Crippen LogP) is 3.66. The molecule has 0 bridgehead atoms. The summed E-state index contributed by atoms with van der Waals surface area (Å²) in [5.74, 6) is 0.114. The average molecular weight is 418 g/mol. The Hall–Kier alpha value is -2.57. The number of hydrogen-bond donors (Lipinski definition) is 2. The summed E-state index contributed by atoms with van der Waals surface area (Å²) in [6.07, 6.45) is 0.981. The SMILES string of the molecule is CCc1ccc([C@H](C)NC(=O)CN(C)CC(=O)Nc2cc(Cl)ccc2OC)cc1. The smallest absolute Gasteiger partial charge is 0.238 e. The zero-order valence-electron chi connectivity index (χ0n) is 17.3. The molecular formula is C22H28ClN3O3. The number of likely N-dealkylation sites (N-methyl/N-ethyl adjacent to an activating group) is 1. The van der Waals surface area contributed by atoms with E-state index in [2.05, 4.69) is 29.7 Å². The minimum Gasteiger partial charge on any atom is -0.495 e. The number of ether oxygens (including phenoxy) is 1. The van der Waals surface area contributed by atoms with Crippen LogP contribution in [0.4, 0.5) is 5.69 Å². The Morgan fingerprint density at radius 3 is 2.38 bits per heavy atom. The summed E-state index contributed by atoms with van der Waals surface area (Å²) in [7, 11) is 3.24. The molecule has 0 aliphatic rings. The highest BCUT2D eigenvalue weighted by Crippen LogP contribution is 2.27. The predicted molar refractivity (Wildman–Crippen MR) is 117 cm³/mol. The van der Waals surface area contributed by atoms with Gasteiger partial charge < -0.3 is 15.4 Å². The minimum absolute atomic E-state index is 0.0582. The monoisotopic (exact) mass is 417 g/mol. The zero-order chi connectivity index (χ0) is 21.4. The number of carbonyl (C=O) groups excluding carboxylic acids is 2. The Kier molecular flexibility index (Phi) is 8.49. The van der Waals surface area contributed by atoms with Crippen LogP contribution in [-0.4, -0.2) is 44.0 Å². The van der Waals surface area contributed by atoms with Gasteiger partial charge in [0.05, 0.1) is 31.9 Å². The van der Waals surface area contributed by atoms with Gasteiger partial charge >= 0.3 is 0 Å². The fraction of sp³-hybridized carbons (Fsp3) is 0.364. The largest absolute Gasteiger partial charge is 0.495 e. The first-order valence-electron chi connectivity index (χ1n) is 9.52. The average Bonchev–Trinajstić information content (AvgIpc) is 2.67. The third-order valence-corrected chi connectivity index (χ3v) is 4.76. The highest BCUT2D eigenvalue weighted by molar-refractivity contribution is 6.31. The molecule has 2 rings (SSSR count). The summed E-state index contributed by atoms with van der Waals surface area (Å²) in [6.45, 7) is 4.21. The first-order valence-corrected chi connectivity index (χ1v) is 9.90. The van der Waals surface area contributed by atoms with Crippen LogP contribution in [-0.2, 0) is 16.0 Å². The van der Waals surface area contributed by atoms with Crippen molar-refractivity contribution >= 4 is 29.1 Å². The second kappa shape index (κ2) is 10.8. The molecule has 0 aliphatic carbocycles. The van der Waals surface area contributed by atoms with Gasteiger partial charge in [0, 0.05) is 5.02 Å². The lowest BCUT2D eigenvalue weighted by Crippen LogP contribution is -2.39. The van der Waals surface area contributed by atoms with Gasteiger partial charge in [-0.2, -0.15) is 0 Å². The number of methoxy groups -OCH3 is 1. The topological polar surface area (TPSA) is 70.7 Å². The number of anilines is 1. The van der Waals surface area contributed by atoms with Crippen LogP contribution in [0, 0.1) is 0 Å². The molecule has 0 aromatic heterocycles. The van der Waals surface area contributed by atoms with Crippen LogP contribution >= 0.6 is 11.6 Å². The molecule has 6 nitrogen and oxygen atoms in total. The van der Waals surface area contributed by atoms with Crippen molar-refractivity contribution in [3.05, 3.63) is 58.6 Å². The summed E-state index contributed by atoms with van der Waals surface area (Å²) in [5, 5.41) is 6.22. The van der Waals surface area contributed by atoms with E-state index in [-0.39, 0.29) is 30.9 Å². The number of carbonyl (C=O) groups is 2. The van der Waals surface area contributed by atoms with E-state index in [1.165, 1.54) is 12.7 Å². The number of benzene rings is 2. The molecule has 2 aromatic rings. The summed E-state index contributed by atoms with van der Waals surface area (Å²) >= 11 is 5.98. The highest BCUT2D eigenvalue weighted by Gasteiger charge is 2.15. The maximum Gasteiger partial charge on any atom is 0.238 e. The lowest BCUT2D eigenvalue weighted by atomic mass is 10.1. The molecule has 0 heterocycles. The minimum atomic E-state index is -0.260. The second-order valence-electron chi connectivity index (χ2n) is 6.95. The van der Waals surface area contributed by atoms with Gasteiger partial charge in [0.1, 0.15) is 5.75 Å². The molecule has 0 spiro atoms. The number of amides is 2. The van der Waals surface area contributed by atoms with Crippen molar-refractivity contribution in [1.82, 2.24) is 10.2 Å². The van der Waals surface area contributed by atoms with E-state index in [4.69, 9.17) is 16.3 Å². The molecule has 0 fully saturated rings. The van der Waals surface area contributed by atoms with Crippen molar-refractivity contribution in [1.29, 1.82) is 0 Å². The van der Waals surface area contributed by atoms with Crippen LogP contribution in [0.2, 0.25) is 5.02 Å². The van der Waals surface area contributed by atoms with Gasteiger partial charge in [-0.15, -0.1) is 0 Å². The van der Waals surface area contributed by atoms with Crippen molar-refractivity contribution in [2.75, 3.05) is 32.6 Å². The molecule has 0 saturated heterocycles. The van der Waals surface area contributed by atoms with Gasteiger partial charge in [-0.3, -0.25) is 14.5 Å². The number of nitrogens with zero attached hydrogens (tertiary/aromatic N) is 1. The van der Waals surface area contributed by atoms with Crippen LogP contribution in [0.3, 0.4) is 0 Å². The first-order chi connectivity index (χ1) is 13.8. The summed E-state index contributed by atoms with van der Waals surface area (Å²) in [4.78, 5) is 26.3. The molecule has 0 aliphatic heterocycles. The van der Waals surface area contributed by atoms with E-state index in [0.29, 0.717) is 16.5 Å². The van der Waals surface area contributed by atoms with Crippen LogP contribution in [0.25, 0.3) is 0 Å². The van der Waals surface area contributed by atoms with Gasteiger partial charge in [0.2, 0.25) is 11.8 Å². The zero-order valence-corrected chi connectivity index (χ0v) is 18.0. The molecule has 0 radical (unpaired) electrons. The third-order valence-electron chi connectivity index (χ3n) is 4.53. The Morgan fingerprint density at radius 1 is 1.10 bits per heavy atom. The van der Waals surface area contributed by atoms with Crippen LogP contribution in [0.5, 0.6) is 5.75 Å². The number of halogens is 1. The highest BCUT2D eigenvalue weighted by atomic mass is 35.5. The molecule has 156 valence electrons. The quantitative estimate of drug-likeness (QED) is 0.653. The van der Waals surface area contributed by atoms with E-state index in [9.17, 15) is 9.59 Å². The molecule has 0 saturated carbocycles. The molecule has 0 unspecified atom stereocenters. The molecule has 29 heavy (non-hydrogen) atoms. The summed E-state index contributed by atoms with van der Waals surface area (Å²) < 4.78 is 5.22. The molecule has 2 amide bonds. The number of hydrogen-bond acceptors (Lipinski definition) is 4. The Morgan fingerprint density at radius 2 is 1.76 bits per heavy atom. The van der Waals surface area contributed by atoms with Crippen LogP contribution in [0.1, 0.15) is 31.0 Å². The van der Waals surface area contributed by atoms with E-state index in [1.807, 2.05) is 19.1 Å². The second-order valence-corrected chi connectivity index (χ2v) is 7.39. The van der Waals surface area contributed by atoms with E-state index in [1.54, 1.807) is 30.1 Å². The number of nitrogens with one attached hydrogen (secondary N) is 2. The standard InChI is InChI=1S/C22H28ClN3O3/c1-5-16-6-8-17(9-7-16)15(2)24-21(27)13-26(3)14-22(28)25-19-12-18(23)10-11-20(19)29-4/h6-12,15H,5,13-14H2,1-4H3,(H,24,27)(H,25,28)/t15-/m0/s1. The van der Waals surface area contributed by atoms with Crippen LogP contribution < -0.4 is 15.4 Å². The molecule has 2 N–H and O–H groups in total. The van der Waals surface area contributed by atoms with Gasteiger partial charge in [-0.05, 0) is 49.7 Å². The fourth-order valence-corrected chi connectivity index (χ4v) is 3.10. The first kappa shape index (κ1) is 22.7. The maximum atomic E-state index is 12.3. The van der Waals surface area contributed by atoms with Gasteiger partial charge in [0.15, 0.2) is 0 Å². The van der Waals surface area contributed by atoms with Crippen molar-refractivity contribution < 1.29 is 14.3 Å². The lowest BCUT2D eigenvalue weighted by Gasteiger charge is -2.19.